The molecule has 0 unspecified atom stereocenters. The van der Waals surface area contributed by atoms with Gasteiger partial charge in [-0.25, -0.2) is 14.8 Å². The van der Waals surface area contributed by atoms with Crippen LogP contribution in [0.1, 0.15) is 12.5 Å². The summed E-state index contributed by atoms with van der Waals surface area (Å²) in [6.45, 7) is 3.20. The number of aliphatic hydroxyl groups excluding tert-OH is 1. The van der Waals surface area contributed by atoms with E-state index in [9.17, 15) is 4.79 Å². The van der Waals surface area contributed by atoms with Crippen molar-refractivity contribution in [2.24, 2.45) is 4.99 Å². The number of aliphatic imine (C=N–C) groups is 1. The summed E-state index contributed by atoms with van der Waals surface area (Å²) in [4.78, 5) is 26.2. The number of rotatable bonds is 4. The zero-order valence-corrected chi connectivity index (χ0v) is 12.2. The van der Waals surface area contributed by atoms with Crippen molar-refractivity contribution in [3.63, 3.8) is 0 Å². The first-order valence-electron chi connectivity index (χ1n) is 7.30. The Balaban J connectivity index is 1.67. The normalized spacial score (nSPS) is 26.0. The van der Waals surface area contributed by atoms with Crippen LogP contribution in [0.15, 0.2) is 16.1 Å². The maximum absolute atomic E-state index is 12.1. The van der Waals surface area contributed by atoms with Crippen LogP contribution in [0.4, 0.5) is 5.95 Å². The molecule has 0 bridgehead atoms. The third-order valence-electron chi connectivity index (χ3n) is 3.75. The summed E-state index contributed by atoms with van der Waals surface area (Å²) in [5, 5.41) is 9.06. The second kappa shape index (κ2) is 6.95. The van der Waals surface area contributed by atoms with Crippen LogP contribution in [0.5, 0.6) is 0 Å². The van der Waals surface area contributed by atoms with Gasteiger partial charge in [0.25, 0.3) is 5.95 Å². The lowest BCUT2D eigenvalue weighted by Crippen LogP contribution is -2.35. The Morgan fingerprint density at radius 1 is 1.45 bits per heavy atom. The van der Waals surface area contributed by atoms with Gasteiger partial charge in [-0.3, -0.25) is 4.57 Å². The molecular formula is C13H19N5O4. The molecule has 0 aliphatic carbocycles. The van der Waals surface area contributed by atoms with Gasteiger partial charge in [-0.1, -0.05) is 0 Å². The first-order chi connectivity index (χ1) is 10.8. The van der Waals surface area contributed by atoms with Gasteiger partial charge in [-0.2, -0.15) is 4.98 Å². The van der Waals surface area contributed by atoms with E-state index in [4.69, 9.17) is 14.6 Å². The standard InChI is InChI=1S/C13H19N5O4/c19-6-11-5-10(7-22-11)18-9-15-12(16-13(18)20)14-8-17-1-3-21-4-2-17/h8-11,19H,1-7H2/b14-8+/t10-,11-/m0/s1. The molecule has 3 rings (SSSR count). The average molecular weight is 309 g/mol. The second-order valence-electron chi connectivity index (χ2n) is 5.27. The summed E-state index contributed by atoms with van der Waals surface area (Å²) in [5.74, 6) is 0.144. The van der Waals surface area contributed by atoms with E-state index in [1.54, 1.807) is 6.34 Å². The number of hydrogen-bond donors (Lipinski definition) is 1. The highest BCUT2D eigenvalue weighted by Crippen LogP contribution is 2.22. The number of aromatic nitrogens is 3. The zero-order valence-electron chi connectivity index (χ0n) is 12.2. The molecule has 1 N–H and O–H groups in total. The summed E-state index contributed by atoms with van der Waals surface area (Å²) < 4.78 is 12.0. The van der Waals surface area contributed by atoms with Gasteiger partial charge >= 0.3 is 5.69 Å². The van der Waals surface area contributed by atoms with Crippen LogP contribution in [-0.4, -0.2) is 76.5 Å². The molecule has 0 saturated carbocycles. The summed E-state index contributed by atoms with van der Waals surface area (Å²) in [7, 11) is 0. The van der Waals surface area contributed by atoms with E-state index in [1.807, 2.05) is 4.90 Å². The lowest BCUT2D eigenvalue weighted by atomic mass is 10.2. The van der Waals surface area contributed by atoms with Crippen molar-refractivity contribution >= 4 is 12.3 Å². The molecule has 9 nitrogen and oxygen atoms in total. The number of morpholine rings is 1. The average Bonchev–Trinajstić information content (AvgIpc) is 3.03. The number of ether oxygens (including phenoxy) is 2. The van der Waals surface area contributed by atoms with Gasteiger partial charge < -0.3 is 19.5 Å². The zero-order chi connectivity index (χ0) is 15.4. The van der Waals surface area contributed by atoms with E-state index in [0.29, 0.717) is 26.2 Å². The van der Waals surface area contributed by atoms with Crippen LogP contribution in [0.3, 0.4) is 0 Å². The van der Waals surface area contributed by atoms with Gasteiger partial charge in [0.2, 0.25) is 0 Å². The first-order valence-corrected chi connectivity index (χ1v) is 7.30. The van der Waals surface area contributed by atoms with Crippen molar-refractivity contribution in [2.75, 3.05) is 39.5 Å². The van der Waals surface area contributed by atoms with Gasteiger partial charge in [0.1, 0.15) is 6.33 Å². The predicted molar refractivity (Wildman–Crippen MR) is 77.3 cm³/mol. The third kappa shape index (κ3) is 3.49. The quantitative estimate of drug-likeness (QED) is 0.559. The molecule has 0 aromatic carbocycles. The molecule has 0 spiro atoms. The lowest BCUT2D eigenvalue weighted by Gasteiger charge is -2.23. The van der Waals surface area contributed by atoms with Crippen molar-refractivity contribution < 1.29 is 14.6 Å². The van der Waals surface area contributed by atoms with Crippen LogP contribution in [-0.2, 0) is 9.47 Å². The maximum atomic E-state index is 12.1. The second-order valence-corrected chi connectivity index (χ2v) is 5.27. The molecule has 1 aromatic heterocycles. The van der Waals surface area contributed by atoms with Gasteiger partial charge in [0.15, 0.2) is 0 Å². The predicted octanol–water partition coefficient (Wildman–Crippen LogP) is -1.05. The number of hydrogen-bond acceptors (Lipinski definition) is 7. The van der Waals surface area contributed by atoms with E-state index in [1.165, 1.54) is 10.9 Å². The monoisotopic (exact) mass is 309 g/mol. The fourth-order valence-corrected chi connectivity index (χ4v) is 2.48. The molecule has 120 valence electrons. The Labute approximate surface area is 127 Å². The van der Waals surface area contributed by atoms with Gasteiger partial charge in [-0.15, -0.1) is 0 Å². The minimum absolute atomic E-state index is 0.0476. The highest BCUT2D eigenvalue weighted by Gasteiger charge is 2.27. The number of aliphatic hydroxyl groups is 1. The lowest BCUT2D eigenvalue weighted by molar-refractivity contribution is 0.0574. The van der Waals surface area contributed by atoms with Crippen molar-refractivity contribution in [1.82, 2.24) is 19.4 Å². The summed E-state index contributed by atoms with van der Waals surface area (Å²) in [6.07, 6.45) is 3.43. The van der Waals surface area contributed by atoms with E-state index < -0.39 is 5.69 Å². The Morgan fingerprint density at radius 3 is 2.95 bits per heavy atom. The van der Waals surface area contributed by atoms with E-state index >= 15 is 0 Å². The fraction of sp³-hybridized carbons (Fsp3) is 0.692. The Morgan fingerprint density at radius 2 is 2.27 bits per heavy atom. The molecule has 22 heavy (non-hydrogen) atoms. The summed E-state index contributed by atoms with van der Waals surface area (Å²) in [5.41, 5.74) is -0.406. The largest absolute Gasteiger partial charge is 0.394 e. The smallest absolute Gasteiger partial charge is 0.352 e. The molecule has 0 radical (unpaired) electrons. The fourth-order valence-electron chi connectivity index (χ4n) is 2.48. The highest BCUT2D eigenvalue weighted by molar-refractivity contribution is 5.58. The molecule has 2 aliphatic rings. The van der Waals surface area contributed by atoms with Gasteiger partial charge in [-0.05, 0) is 6.42 Å². The minimum Gasteiger partial charge on any atom is -0.394 e. The van der Waals surface area contributed by atoms with Gasteiger partial charge in [0, 0.05) is 13.1 Å². The molecule has 0 amide bonds. The van der Waals surface area contributed by atoms with Crippen molar-refractivity contribution in [3.8, 4) is 0 Å². The van der Waals surface area contributed by atoms with E-state index in [-0.39, 0.29) is 24.7 Å². The first kappa shape index (κ1) is 15.1. The van der Waals surface area contributed by atoms with Crippen LogP contribution in [0.2, 0.25) is 0 Å². The van der Waals surface area contributed by atoms with Crippen LogP contribution in [0, 0.1) is 0 Å². The van der Waals surface area contributed by atoms with Crippen molar-refractivity contribution in [1.29, 1.82) is 0 Å². The van der Waals surface area contributed by atoms with Crippen LogP contribution in [0.25, 0.3) is 0 Å². The van der Waals surface area contributed by atoms with Crippen LogP contribution >= 0.6 is 0 Å². The molecule has 2 fully saturated rings. The molecule has 2 saturated heterocycles. The maximum Gasteiger partial charge on any atom is 0.352 e. The van der Waals surface area contributed by atoms with E-state index in [0.717, 1.165) is 13.1 Å². The Hall–Kier alpha value is -1.84. The van der Waals surface area contributed by atoms with Crippen LogP contribution < -0.4 is 5.69 Å². The number of nitrogens with zero attached hydrogens (tertiary/aromatic N) is 5. The SMILES string of the molecule is O=c1nc(/N=C/N2CCOCC2)ncn1[C@@H]1CO[C@H](CO)C1. The van der Waals surface area contributed by atoms with E-state index in [2.05, 4.69) is 15.0 Å². The highest BCUT2D eigenvalue weighted by atomic mass is 16.5. The summed E-state index contributed by atoms with van der Waals surface area (Å²) in [6, 6.07) is -0.137. The van der Waals surface area contributed by atoms with Crippen molar-refractivity contribution in [3.05, 3.63) is 16.8 Å². The minimum atomic E-state index is -0.406. The third-order valence-corrected chi connectivity index (χ3v) is 3.75. The molecule has 1 aromatic rings. The molecule has 9 heteroatoms. The molecule has 2 atom stereocenters. The summed E-state index contributed by atoms with van der Waals surface area (Å²) >= 11 is 0. The topological polar surface area (TPSA) is 102 Å². The molecule has 2 aliphatic heterocycles. The molecule has 3 heterocycles. The van der Waals surface area contributed by atoms with Crippen molar-refractivity contribution in [2.45, 2.75) is 18.6 Å². The Kier molecular flexibility index (Phi) is 4.76. The molecular weight excluding hydrogens is 290 g/mol. The Bertz CT molecular complexity index is 584. The van der Waals surface area contributed by atoms with Gasteiger partial charge in [0.05, 0.1) is 44.9 Å².